The van der Waals surface area contributed by atoms with Gasteiger partial charge in [-0.05, 0) is 54.7 Å². The number of hydrogen-bond acceptors (Lipinski definition) is 0. The minimum Gasteiger partial charge on any atom is -0.0718 e. The molecular weight excluding hydrogens is 360 g/mol. The largest absolute Gasteiger partial charge is 0.0814 e. The first-order chi connectivity index (χ1) is 12.4. The maximum atomic E-state index is 2.36. The van der Waals surface area contributed by atoms with E-state index in [-0.39, 0.29) is 32.7 Å². The van der Waals surface area contributed by atoms with Gasteiger partial charge >= 0.3 is 0 Å². The molecule has 2 atom stereocenters. The van der Waals surface area contributed by atoms with Crippen LogP contribution in [0.3, 0.4) is 0 Å². The second-order valence-corrected chi connectivity index (χ2v) is 11.5. The Morgan fingerprint density at radius 1 is 0.704 bits per heavy atom. The molecule has 0 radical (unpaired) electrons. The zero-order valence-electron chi connectivity index (χ0n) is 14.5. The van der Waals surface area contributed by atoms with Gasteiger partial charge in [-0.1, -0.05) is 98.9 Å². The molecular formula is C23H30B2P2. The predicted octanol–water partition coefficient (Wildman–Crippen LogP) is 2.72. The van der Waals surface area contributed by atoms with E-state index >= 15 is 0 Å². The Bertz CT molecular complexity index is 742. The maximum Gasteiger partial charge on any atom is 0.0814 e. The van der Waals surface area contributed by atoms with E-state index in [1.54, 1.807) is 5.30 Å². The van der Waals surface area contributed by atoms with E-state index in [1.165, 1.54) is 35.8 Å². The lowest BCUT2D eigenvalue weighted by Crippen LogP contribution is -2.21. The zero-order chi connectivity index (χ0) is 16.9. The molecule has 0 saturated carbocycles. The normalized spacial score (nSPS) is 18.6. The van der Waals surface area contributed by atoms with Crippen molar-refractivity contribution in [3.05, 3.63) is 91.0 Å². The Kier molecular flexibility index (Phi) is 8.82. The van der Waals surface area contributed by atoms with Crippen molar-refractivity contribution in [2.45, 2.75) is 18.5 Å². The summed E-state index contributed by atoms with van der Waals surface area (Å²) >= 11 is 0. The molecule has 3 aromatic rings. The summed E-state index contributed by atoms with van der Waals surface area (Å²) in [5.41, 5.74) is 0.865. The van der Waals surface area contributed by atoms with Crippen molar-refractivity contribution in [1.82, 2.24) is 0 Å². The van der Waals surface area contributed by atoms with E-state index < -0.39 is 0 Å². The molecule has 138 valence electrons. The lowest BCUT2D eigenvalue weighted by molar-refractivity contribution is 0.841. The average molecular weight is 390 g/mol. The van der Waals surface area contributed by atoms with Crippen LogP contribution in [0, 0.1) is 0 Å². The van der Waals surface area contributed by atoms with Crippen molar-refractivity contribution in [1.29, 1.82) is 0 Å². The average Bonchev–Trinajstić information content (AvgIpc) is 3.16. The second kappa shape index (κ2) is 10.8. The molecule has 1 heterocycles. The Hall–Kier alpha value is -1.35. The molecule has 4 rings (SSSR count). The lowest BCUT2D eigenvalue weighted by atomic mass is 10.3. The van der Waals surface area contributed by atoms with E-state index in [0.717, 1.165) is 5.66 Å². The molecule has 1 aliphatic heterocycles. The quantitative estimate of drug-likeness (QED) is 0.465. The van der Waals surface area contributed by atoms with Crippen molar-refractivity contribution in [3.8, 4) is 0 Å². The Morgan fingerprint density at radius 3 is 1.70 bits per heavy atom. The monoisotopic (exact) mass is 390 g/mol. The summed E-state index contributed by atoms with van der Waals surface area (Å²) in [6.45, 7) is 0. The summed E-state index contributed by atoms with van der Waals surface area (Å²) in [4.78, 5) is 0. The number of rotatable bonds is 5. The first-order valence-corrected chi connectivity index (χ1v) is 12.2. The third-order valence-electron chi connectivity index (χ3n) is 4.99. The van der Waals surface area contributed by atoms with E-state index in [1.807, 2.05) is 0 Å². The van der Waals surface area contributed by atoms with Crippen LogP contribution in [0.25, 0.3) is 0 Å². The van der Waals surface area contributed by atoms with E-state index in [2.05, 4.69) is 91.0 Å². The summed E-state index contributed by atoms with van der Waals surface area (Å²) < 4.78 is 0. The molecule has 1 unspecified atom stereocenters. The highest BCUT2D eigenvalue weighted by Crippen LogP contribution is 2.53. The fourth-order valence-electron chi connectivity index (χ4n) is 3.77. The van der Waals surface area contributed by atoms with Gasteiger partial charge in [0.05, 0.1) is 16.8 Å². The topological polar surface area (TPSA) is 0 Å². The lowest BCUT2D eigenvalue weighted by Gasteiger charge is -2.27. The SMILES string of the molecule is B.B.c1ccc(P(CC2CCC[P@]2c2ccccc2)c2ccccc2)cc1. The van der Waals surface area contributed by atoms with Gasteiger partial charge in [0, 0.05) is 0 Å². The third-order valence-corrected chi connectivity index (χ3v) is 11.0. The first-order valence-electron chi connectivity index (χ1n) is 9.11. The van der Waals surface area contributed by atoms with E-state index in [9.17, 15) is 0 Å². The van der Waals surface area contributed by atoms with Gasteiger partial charge in [0.15, 0.2) is 0 Å². The van der Waals surface area contributed by atoms with Gasteiger partial charge in [-0.3, -0.25) is 0 Å². The molecule has 4 heteroatoms. The van der Waals surface area contributed by atoms with Crippen molar-refractivity contribution < 1.29 is 0 Å². The summed E-state index contributed by atoms with van der Waals surface area (Å²) in [7, 11) is -0.263. The summed E-state index contributed by atoms with van der Waals surface area (Å²) in [6.07, 6.45) is 5.55. The van der Waals surface area contributed by atoms with Crippen LogP contribution in [0.4, 0.5) is 0 Å². The van der Waals surface area contributed by atoms with Gasteiger partial charge in [0.25, 0.3) is 0 Å². The van der Waals surface area contributed by atoms with Crippen LogP contribution in [-0.2, 0) is 0 Å². The van der Waals surface area contributed by atoms with Gasteiger partial charge in [-0.2, -0.15) is 0 Å². The highest BCUT2D eigenvalue weighted by atomic mass is 31.1. The molecule has 1 aliphatic rings. The molecule has 0 bridgehead atoms. The van der Waals surface area contributed by atoms with Gasteiger partial charge in [0.1, 0.15) is 0 Å². The molecule has 0 amide bonds. The first kappa shape index (κ1) is 21.9. The number of benzene rings is 3. The van der Waals surface area contributed by atoms with Crippen LogP contribution < -0.4 is 15.9 Å². The fraction of sp³-hybridized carbons (Fsp3) is 0.217. The molecule has 0 aromatic heterocycles. The predicted molar refractivity (Wildman–Crippen MR) is 135 cm³/mol. The van der Waals surface area contributed by atoms with Gasteiger partial charge in [0.2, 0.25) is 0 Å². The molecule has 1 fully saturated rings. The molecule has 0 N–H and O–H groups in total. The van der Waals surface area contributed by atoms with Crippen LogP contribution in [0.2, 0.25) is 0 Å². The van der Waals surface area contributed by atoms with Crippen molar-refractivity contribution in [3.63, 3.8) is 0 Å². The van der Waals surface area contributed by atoms with Crippen molar-refractivity contribution in [2.24, 2.45) is 0 Å². The van der Waals surface area contributed by atoms with Crippen molar-refractivity contribution in [2.75, 3.05) is 12.3 Å². The summed E-state index contributed by atoms with van der Waals surface area (Å²) in [5.74, 6) is 0. The summed E-state index contributed by atoms with van der Waals surface area (Å²) in [5, 5.41) is 4.66. The van der Waals surface area contributed by atoms with E-state index in [4.69, 9.17) is 0 Å². The third kappa shape index (κ3) is 5.34. The smallest absolute Gasteiger partial charge is 0.0718 e. The van der Waals surface area contributed by atoms with E-state index in [0.29, 0.717) is 0 Å². The highest BCUT2D eigenvalue weighted by molar-refractivity contribution is 7.74. The highest BCUT2D eigenvalue weighted by Gasteiger charge is 2.31. The Labute approximate surface area is 170 Å². The Morgan fingerprint density at radius 2 is 1.19 bits per heavy atom. The van der Waals surface area contributed by atoms with Crippen LogP contribution in [-0.4, -0.2) is 34.8 Å². The Balaban J connectivity index is 0.00000131. The molecule has 0 aliphatic carbocycles. The molecule has 0 nitrogen and oxygen atoms in total. The maximum absolute atomic E-state index is 2.36. The zero-order valence-corrected chi connectivity index (χ0v) is 16.2. The van der Waals surface area contributed by atoms with Gasteiger partial charge in [-0.25, -0.2) is 0 Å². The molecule has 1 saturated heterocycles. The standard InChI is InChI=1S/C23H24P2.2BH3/c1-4-11-20(12-5-1)24-18-10-17-23(24)19-25(21-13-6-2-7-14-21)22-15-8-3-9-16-22;;/h1-9,11-16,23H,10,17-19H2;2*1H3/t23?,24-;;/m1../s1. The molecule has 27 heavy (non-hydrogen) atoms. The van der Waals surface area contributed by atoms with Crippen LogP contribution >= 0.6 is 15.8 Å². The van der Waals surface area contributed by atoms with Crippen LogP contribution in [0.5, 0.6) is 0 Å². The van der Waals surface area contributed by atoms with Crippen molar-refractivity contribution >= 4 is 48.6 Å². The minimum atomic E-state index is -0.263. The van der Waals surface area contributed by atoms with Gasteiger partial charge in [-0.15, -0.1) is 0 Å². The fourth-order valence-corrected chi connectivity index (χ4v) is 10.1. The molecule has 3 aromatic carbocycles. The summed E-state index contributed by atoms with van der Waals surface area (Å²) in [6, 6.07) is 33.7. The van der Waals surface area contributed by atoms with Crippen LogP contribution in [0.1, 0.15) is 12.8 Å². The van der Waals surface area contributed by atoms with Gasteiger partial charge < -0.3 is 0 Å². The second-order valence-electron chi connectivity index (χ2n) is 6.61. The molecule has 0 spiro atoms. The number of hydrogen-bond donors (Lipinski definition) is 0. The van der Waals surface area contributed by atoms with Crippen LogP contribution in [0.15, 0.2) is 91.0 Å². The minimum absolute atomic E-state index is 0.